The molecule has 4 rings (SSSR count). The molecule has 0 bridgehead atoms. The van der Waals surface area contributed by atoms with E-state index < -0.39 is 10.0 Å². The first-order valence-corrected chi connectivity index (χ1v) is 8.88. The molecule has 22 heavy (non-hydrogen) atoms. The Balaban J connectivity index is 1.51. The van der Waals surface area contributed by atoms with Gasteiger partial charge in [-0.2, -0.15) is 4.98 Å². The Morgan fingerprint density at radius 1 is 1.18 bits per heavy atom. The van der Waals surface area contributed by atoms with Crippen molar-refractivity contribution in [2.75, 3.05) is 13.1 Å². The maximum absolute atomic E-state index is 12.3. The predicted molar refractivity (Wildman–Crippen MR) is 78.4 cm³/mol. The lowest BCUT2D eigenvalue weighted by Crippen LogP contribution is -2.31. The van der Waals surface area contributed by atoms with Crippen LogP contribution in [0, 0.1) is 0 Å². The number of hydrogen-bond donors (Lipinski definition) is 0. The first-order chi connectivity index (χ1) is 10.6. The summed E-state index contributed by atoms with van der Waals surface area (Å²) in [6.45, 7) is 0.979. The minimum Gasteiger partial charge on any atom is -0.339 e. The van der Waals surface area contributed by atoms with Crippen molar-refractivity contribution in [1.82, 2.24) is 19.4 Å². The summed E-state index contributed by atoms with van der Waals surface area (Å²) in [7, 11) is -3.12. The molecule has 0 spiro atoms. The van der Waals surface area contributed by atoms with Crippen LogP contribution in [0.2, 0.25) is 0 Å². The quantitative estimate of drug-likeness (QED) is 0.846. The van der Waals surface area contributed by atoms with Gasteiger partial charge in [0, 0.05) is 31.0 Å². The summed E-state index contributed by atoms with van der Waals surface area (Å²) in [4.78, 5) is 8.37. The van der Waals surface area contributed by atoms with E-state index in [1.54, 1.807) is 16.7 Å². The maximum Gasteiger partial charge on any atom is 0.231 e. The number of pyridine rings is 1. The fraction of sp³-hybridized carbons (Fsp3) is 0.500. The van der Waals surface area contributed by atoms with Crippen LogP contribution in [0.25, 0.3) is 11.4 Å². The number of rotatable bonds is 4. The second-order valence-corrected chi connectivity index (χ2v) is 7.99. The van der Waals surface area contributed by atoms with Crippen LogP contribution >= 0.6 is 0 Å². The molecule has 1 aliphatic carbocycles. The molecule has 1 saturated carbocycles. The lowest BCUT2D eigenvalue weighted by Gasteiger charge is -2.14. The van der Waals surface area contributed by atoms with Crippen molar-refractivity contribution in [3.05, 3.63) is 30.4 Å². The number of nitrogens with zero attached hydrogens (tertiary/aromatic N) is 4. The van der Waals surface area contributed by atoms with Crippen LogP contribution in [-0.4, -0.2) is 46.2 Å². The summed E-state index contributed by atoms with van der Waals surface area (Å²) in [6, 6.07) is 3.63. The standard InChI is InChI=1S/C14H16N4O3S/c19-22(20,12-1-2-12)18-8-5-11(9-18)14-16-13(17-21-14)10-3-6-15-7-4-10/h3-4,6-7,11-12H,1-2,5,8-9H2/t11-/m0/s1. The smallest absolute Gasteiger partial charge is 0.231 e. The van der Waals surface area contributed by atoms with Crippen molar-refractivity contribution in [3.63, 3.8) is 0 Å². The Morgan fingerprint density at radius 3 is 2.68 bits per heavy atom. The Kier molecular flexibility index (Phi) is 3.23. The maximum atomic E-state index is 12.3. The summed E-state index contributed by atoms with van der Waals surface area (Å²) in [5, 5.41) is 3.82. The first-order valence-electron chi connectivity index (χ1n) is 7.37. The van der Waals surface area contributed by atoms with Crippen molar-refractivity contribution in [3.8, 4) is 11.4 Å². The van der Waals surface area contributed by atoms with Gasteiger partial charge in [0.15, 0.2) is 0 Å². The molecule has 1 aliphatic heterocycles. The Hall–Kier alpha value is -1.80. The third-order valence-electron chi connectivity index (χ3n) is 4.19. The molecule has 2 aliphatic rings. The van der Waals surface area contributed by atoms with Gasteiger partial charge in [0.2, 0.25) is 21.7 Å². The van der Waals surface area contributed by atoms with Gasteiger partial charge in [0.05, 0.1) is 11.2 Å². The van der Waals surface area contributed by atoms with Gasteiger partial charge in [-0.3, -0.25) is 4.98 Å². The van der Waals surface area contributed by atoms with Gasteiger partial charge in [-0.15, -0.1) is 0 Å². The van der Waals surface area contributed by atoms with Gasteiger partial charge in [0.25, 0.3) is 0 Å². The molecule has 0 amide bonds. The summed E-state index contributed by atoms with van der Waals surface area (Å²) in [5.74, 6) is 1.01. The number of hydrogen-bond acceptors (Lipinski definition) is 6. The lowest BCUT2D eigenvalue weighted by atomic mass is 10.1. The van der Waals surface area contributed by atoms with Crippen LogP contribution in [0.5, 0.6) is 0 Å². The third kappa shape index (κ3) is 2.42. The van der Waals surface area contributed by atoms with Crippen LogP contribution < -0.4 is 0 Å². The molecule has 2 aromatic heterocycles. The number of aromatic nitrogens is 3. The molecular weight excluding hydrogens is 304 g/mol. The SMILES string of the molecule is O=S(=O)(C1CC1)N1CC[C@H](c2nc(-c3ccncc3)no2)C1. The molecule has 2 fully saturated rings. The van der Waals surface area contributed by atoms with Crippen LogP contribution in [0.1, 0.15) is 31.1 Å². The summed E-state index contributed by atoms with van der Waals surface area (Å²) < 4.78 is 31.4. The summed E-state index contributed by atoms with van der Waals surface area (Å²) >= 11 is 0. The second kappa shape index (κ2) is 5.13. The first kappa shape index (κ1) is 13.8. The summed E-state index contributed by atoms with van der Waals surface area (Å²) in [6.07, 6.45) is 5.65. The highest BCUT2D eigenvalue weighted by Crippen LogP contribution is 2.36. The van der Waals surface area contributed by atoms with Gasteiger partial charge >= 0.3 is 0 Å². The minimum atomic E-state index is -3.12. The van der Waals surface area contributed by atoms with Gasteiger partial charge in [-0.1, -0.05) is 5.16 Å². The topological polar surface area (TPSA) is 89.2 Å². The highest BCUT2D eigenvalue weighted by Gasteiger charge is 2.43. The molecule has 1 saturated heterocycles. The van der Waals surface area contributed by atoms with E-state index in [0.717, 1.165) is 24.8 Å². The molecule has 8 heteroatoms. The van der Waals surface area contributed by atoms with Crippen LogP contribution in [0.4, 0.5) is 0 Å². The molecule has 116 valence electrons. The van der Waals surface area contributed by atoms with Gasteiger partial charge < -0.3 is 4.52 Å². The van der Waals surface area contributed by atoms with Crippen LogP contribution in [0.15, 0.2) is 29.0 Å². The zero-order chi connectivity index (χ0) is 15.2. The zero-order valence-electron chi connectivity index (χ0n) is 11.9. The predicted octanol–water partition coefficient (Wildman–Crippen LogP) is 1.41. The van der Waals surface area contributed by atoms with Gasteiger partial charge in [0.1, 0.15) is 0 Å². The van der Waals surface area contributed by atoms with E-state index in [0.29, 0.717) is 24.8 Å². The van der Waals surface area contributed by atoms with Crippen LogP contribution in [-0.2, 0) is 10.0 Å². The van der Waals surface area contributed by atoms with E-state index in [9.17, 15) is 8.42 Å². The average molecular weight is 320 g/mol. The fourth-order valence-corrected chi connectivity index (χ4v) is 4.66. The molecule has 3 heterocycles. The normalized spacial score (nSPS) is 23.0. The van der Waals surface area contributed by atoms with E-state index in [1.807, 2.05) is 12.1 Å². The summed E-state index contributed by atoms with van der Waals surface area (Å²) in [5.41, 5.74) is 0.838. The monoisotopic (exact) mass is 320 g/mol. The largest absolute Gasteiger partial charge is 0.339 e. The molecular formula is C14H16N4O3S. The Bertz CT molecular complexity index is 770. The highest BCUT2D eigenvalue weighted by molar-refractivity contribution is 7.90. The average Bonchev–Trinajstić information content (AvgIpc) is 3.09. The van der Waals surface area contributed by atoms with E-state index in [2.05, 4.69) is 15.1 Å². The molecule has 0 radical (unpaired) electrons. The van der Waals surface area contributed by atoms with Crippen molar-refractivity contribution < 1.29 is 12.9 Å². The van der Waals surface area contributed by atoms with E-state index in [1.165, 1.54) is 0 Å². The van der Waals surface area contributed by atoms with Gasteiger partial charge in [-0.25, -0.2) is 12.7 Å². The van der Waals surface area contributed by atoms with E-state index >= 15 is 0 Å². The highest BCUT2D eigenvalue weighted by atomic mass is 32.2. The fourth-order valence-electron chi connectivity index (χ4n) is 2.76. The zero-order valence-corrected chi connectivity index (χ0v) is 12.7. The second-order valence-electron chi connectivity index (χ2n) is 5.78. The molecule has 2 aromatic rings. The minimum absolute atomic E-state index is 0.0170. The van der Waals surface area contributed by atoms with Crippen molar-refractivity contribution in [2.24, 2.45) is 0 Å². The van der Waals surface area contributed by atoms with Crippen molar-refractivity contribution in [2.45, 2.75) is 30.4 Å². The van der Waals surface area contributed by atoms with Crippen molar-refractivity contribution in [1.29, 1.82) is 0 Å². The molecule has 7 nitrogen and oxygen atoms in total. The van der Waals surface area contributed by atoms with Gasteiger partial charge in [-0.05, 0) is 31.4 Å². The number of sulfonamides is 1. The lowest BCUT2D eigenvalue weighted by molar-refractivity contribution is 0.354. The van der Waals surface area contributed by atoms with Crippen LogP contribution in [0.3, 0.4) is 0 Å². The Labute approximate surface area is 128 Å². The molecule has 1 atom stereocenters. The van der Waals surface area contributed by atoms with Crippen molar-refractivity contribution >= 4 is 10.0 Å². The van der Waals surface area contributed by atoms with E-state index in [4.69, 9.17) is 4.52 Å². The molecule has 0 aromatic carbocycles. The Morgan fingerprint density at radius 2 is 1.95 bits per heavy atom. The molecule has 0 unspecified atom stereocenters. The third-order valence-corrected chi connectivity index (χ3v) is 6.55. The molecule has 0 N–H and O–H groups in total. The van der Waals surface area contributed by atoms with E-state index in [-0.39, 0.29) is 11.2 Å².